The molecule has 14 heavy (non-hydrogen) atoms. The molecule has 0 aliphatic heterocycles. The lowest BCUT2D eigenvalue weighted by atomic mass is 10.3. The van der Waals surface area contributed by atoms with E-state index >= 15 is 0 Å². The number of hydrogen-bond acceptors (Lipinski definition) is 1. The second kappa shape index (κ2) is 3.82. The number of H-pyrrole nitrogens is 1. The van der Waals surface area contributed by atoms with Gasteiger partial charge in [0.15, 0.2) is 4.77 Å². The molecule has 0 aliphatic carbocycles. The van der Waals surface area contributed by atoms with Crippen LogP contribution in [-0.4, -0.2) is 16.2 Å². The van der Waals surface area contributed by atoms with Gasteiger partial charge in [-0.15, -0.1) is 0 Å². The zero-order valence-electron chi connectivity index (χ0n) is 7.26. The molecule has 0 spiro atoms. The van der Waals surface area contributed by atoms with Crippen LogP contribution in [0.15, 0.2) is 22.7 Å². The van der Waals surface area contributed by atoms with E-state index in [1.165, 1.54) is 0 Å². The Morgan fingerprint density at radius 2 is 2.29 bits per heavy atom. The van der Waals surface area contributed by atoms with Crippen molar-refractivity contribution < 1.29 is 4.39 Å². The van der Waals surface area contributed by atoms with Crippen LogP contribution in [0.1, 0.15) is 0 Å². The number of aromatic nitrogens is 2. The van der Waals surface area contributed by atoms with E-state index < -0.39 is 6.67 Å². The molecule has 0 bridgehead atoms. The number of halogens is 2. The Hall–Kier alpha value is -0.680. The molecule has 2 nitrogen and oxygen atoms in total. The first-order chi connectivity index (χ1) is 6.72. The third-order valence-electron chi connectivity index (χ3n) is 2.05. The van der Waals surface area contributed by atoms with Gasteiger partial charge in [0, 0.05) is 4.47 Å². The van der Waals surface area contributed by atoms with E-state index in [0.29, 0.717) is 11.3 Å². The highest BCUT2D eigenvalue weighted by Gasteiger charge is 2.03. The zero-order valence-corrected chi connectivity index (χ0v) is 9.66. The van der Waals surface area contributed by atoms with Crippen molar-refractivity contribution in [2.24, 2.45) is 0 Å². The Labute approximate surface area is 93.9 Å². The van der Waals surface area contributed by atoms with E-state index in [1.54, 1.807) is 4.57 Å². The molecule has 0 saturated heterocycles. The lowest BCUT2D eigenvalue weighted by Gasteiger charge is -1.99. The molecule has 0 amide bonds. The summed E-state index contributed by atoms with van der Waals surface area (Å²) in [4.78, 5) is 3.03. The lowest BCUT2D eigenvalue weighted by Crippen LogP contribution is -1.98. The molecule has 5 heteroatoms. The van der Waals surface area contributed by atoms with Gasteiger partial charge in [-0.05, 0) is 30.4 Å². The van der Waals surface area contributed by atoms with Gasteiger partial charge in [-0.25, -0.2) is 4.39 Å². The summed E-state index contributed by atoms with van der Waals surface area (Å²) in [7, 11) is 0. The molecule has 0 radical (unpaired) electrons. The summed E-state index contributed by atoms with van der Waals surface area (Å²) in [5, 5.41) is 0. The van der Waals surface area contributed by atoms with Gasteiger partial charge in [-0.1, -0.05) is 15.9 Å². The van der Waals surface area contributed by atoms with E-state index in [0.717, 1.165) is 15.5 Å². The molecule has 0 aliphatic rings. The van der Waals surface area contributed by atoms with Crippen molar-refractivity contribution in [1.29, 1.82) is 0 Å². The number of aryl methyl sites for hydroxylation is 1. The van der Waals surface area contributed by atoms with Crippen LogP contribution in [0.4, 0.5) is 4.39 Å². The van der Waals surface area contributed by atoms with Crippen molar-refractivity contribution in [3.05, 3.63) is 27.4 Å². The highest BCUT2D eigenvalue weighted by atomic mass is 79.9. The minimum absolute atomic E-state index is 0.301. The number of nitrogens with zero attached hydrogens (tertiary/aromatic N) is 1. The average Bonchev–Trinajstić information content (AvgIpc) is 2.45. The molecule has 1 N–H and O–H groups in total. The van der Waals surface area contributed by atoms with E-state index in [1.807, 2.05) is 18.2 Å². The molecule has 1 aromatic carbocycles. The van der Waals surface area contributed by atoms with Crippen LogP contribution in [0, 0.1) is 4.77 Å². The molecule has 0 atom stereocenters. The van der Waals surface area contributed by atoms with Crippen LogP contribution in [-0.2, 0) is 6.54 Å². The second-order valence-corrected chi connectivity index (χ2v) is 4.23. The van der Waals surface area contributed by atoms with Crippen molar-refractivity contribution >= 4 is 39.2 Å². The van der Waals surface area contributed by atoms with Gasteiger partial charge in [-0.2, -0.15) is 0 Å². The number of rotatable bonds is 2. The fourth-order valence-electron chi connectivity index (χ4n) is 1.43. The highest BCUT2D eigenvalue weighted by molar-refractivity contribution is 9.10. The van der Waals surface area contributed by atoms with Crippen molar-refractivity contribution in [3.8, 4) is 0 Å². The van der Waals surface area contributed by atoms with Crippen LogP contribution in [0.25, 0.3) is 11.0 Å². The first kappa shape index (κ1) is 9.86. The zero-order chi connectivity index (χ0) is 10.1. The average molecular weight is 275 g/mol. The molecule has 1 aromatic heterocycles. The summed E-state index contributed by atoms with van der Waals surface area (Å²) in [5.41, 5.74) is 1.87. The summed E-state index contributed by atoms with van der Waals surface area (Å²) in [6.07, 6.45) is 0. The predicted octanol–water partition coefficient (Wildman–Crippen LogP) is 3.43. The quantitative estimate of drug-likeness (QED) is 0.833. The SMILES string of the molecule is FCCn1c(=S)[nH]c2ccc(Br)cc21. The number of hydrogen-bond donors (Lipinski definition) is 1. The number of alkyl halides is 1. The monoisotopic (exact) mass is 274 g/mol. The van der Waals surface area contributed by atoms with Gasteiger partial charge in [0.2, 0.25) is 0 Å². The summed E-state index contributed by atoms with van der Waals surface area (Å²) in [6.45, 7) is -0.108. The first-order valence-electron chi connectivity index (χ1n) is 4.16. The van der Waals surface area contributed by atoms with E-state index in [-0.39, 0.29) is 0 Å². The fraction of sp³-hybridized carbons (Fsp3) is 0.222. The van der Waals surface area contributed by atoms with Crippen LogP contribution >= 0.6 is 28.1 Å². The van der Waals surface area contributed by atoms with Gasteiger partial charge >= 0.3 is 0 Å². The summed E-state index contributed by atoms with van der Waals surface area (Å²) in [5.74, 6) is 0. The number of benzene rings is 1. The number of aromatic amines is 1. The number of fused-ring (bicyclic) bond motifs is 1. The molecular formula is C9H8BrFN2S. The Kier molecular flexibility index (Phi) is 2.69. The molecule has 0 saturated carbocycles. The van der Waals surface area contributed by atoms with Gasteiger partial charge < -0.3 is 9.55 Å². The molecule has 0 fully saturated rings. The third kappa shape index (κ3) is 1.62. The highest BCUT2D eigenvalue weighted by Crippen LogP contribution is 2.19. The maximum absolute atomic E-state index is 12.3. The third-order valence-corrected chi connectivity index (χ3v) is 2.86. The Morgan fingerprint density at radius 1 is 1.50 bits per heavy atom. The van der Waals surface area contributed by atoms with E-state index in [2.05, 4.69) is 20.9 Å². The van der Waals surface area contributed by atoms with Crippen LogP contribution < -0.4 is 0 Å². The standard InChI is InChI=1S/C9H8BrFN2S/c10-6-1-2-7-8(5-6)13(4-3-11)9(14)12-7/h1-2,5H,3-4H2,(H,12,14). The van der Waals surface area contributed by atoms with Crippen molar-refractivity contribution in [1.82, 2.24) is 9.55 Å². The second-order valence-electron chi connectivity index (χ2n) is 2.93. The molecule has 1 heterocycles. The summed E-state index contributed by atoms with van der Waals surface area (Å²) >= 11 is 8.46. The molecular weight excluding hydrogens is 267 g/mol. The smallest absolute Gasteiger partial charge is 0.178 e. The molecule has 0 unspecified atom stereocenters. The fourth-order valence-corrected chi connectivity index (χ4v) is 2.08. The van der Waals surface area contributed by atoms with E-state index in [9.17, 15) is 4.39 Å². The Bertz CT molecular complexity index is 517. The number of imidazole rings is 1. The Balaban J connectivity index is 2.73. The first-order valence-corrected chi connectivity index (χ1v) is 5.36. The van der Waals surface area contributed by atoms with E-state index in [4.69, 9.17) is 12.2 Å². The minimum atomic E-state index is -0.409. The van der Waals surface area contributed by atoms with Gasteiger partial charge in [-0.3, -0.25) is 0 Å². The summed E-state index contributed by atoms with van der Waals surface area (Å²) in [6, 6.07) is 5.77. The van der Waals surface area contributed by atoms with Crippen LogP contribution in [0.2, 0.25) is 0 Å². The Morgan fingerprint density at radius 3 is 3.00 bits per heavy atom. The maximum atomic E-state index is 12.3. The number of nitrogens with one attached hydrogen (secondary N) is 1. The topological polar surface area (TPSA) is 20.7 Å². The molecule has 2 rings (SSSR count). The van der Waals surface area contributed by atoms with Gasteiger partial charge in [0.25, 0.3) is 0 Å². The summed E-state index contributed by atoms with van der Waals surface area (Å²) < 4.78 is 15.6. The van der Waals surface area contributed by atoms with Gasteiger partial charge in [0.05, 0.1) is 17.6 Å². The van der Waals surface area contributed by atoms with Crippen molar-refractivity contribution in [3.63, 3.8) is 0 Å². The lowest BCUT2D eigenvalue weighted by molar-refractivity contribution is 0.448. The van der Waals surface area contributed by atoms with Crippen molar-refractivity contribution in [2.75, 3.05) is 6.67 Å². The van der Waals surface area contributed by atoms with Crippen LogP contribution in [0.5, 0.6) is 0 Å². The normalized spacial score (nSPS) is 11.0. The predicted molar refractivity (Wildman–Crippen MR) is 60.8 cm³/mol. The van der Waals surface area contributed by atoms with Crippen LogP contribution in [0.3, 0.4) is 0 Å². The van der Waals surface area contributed by atoms with Gasteiger partial charge in [0.1, 0.15) is 6.67 Å². The largest absolute Gasteiger partial charge is 0.331 e. The molecule has 2 aromatic rings. The minimum Gasteiger partial charge on any atom is -0.331 e. The maximum Gasteiger partial charge on any atom is 0.178 e. The molecule has 74 valence electrons. The van der Waals surface area contributed by atoms with Crippen molar-refractivity contribution in [2.45, 2.75) is 6.54 Å².